The molecule has 2 rings (SSSR count). The van der Waals surface area contributed by atoms with Crippen molar-refractivity contribution in [1.82, 2.24) is 20.4 Å². The second-order valence-corrected chi connectivity index (χ2v) is 5.11. The molecule has 1 aromatic rings. The van der Waals surface area contributed by atoms with E-state index in [1.165, 1.54) is 0 Å². The van der Waals surface area contributed by atoms with Crippen molar-refractivity contribution >= 4 is 5.91 Å². The highest BCUT2D eigenvalue weighted by molar-refractivity contribution is 5.87. The number of rotatable bonds is 4. The van der Waals surface area contributed by atoms with E-state index < -0.39 is 0 Å². The lowest BCUT2D eigenvalue weighted by molar-refractivity contribution is -0.128. The van der Waals surface area contributed by atoms with Crippen LogP contribution < -0.4 is 10.6 Å². The van der Waals surface area contributed by atoms with Gasteiger partial charge in [-0.05, 0) is 32.7 Å². The molecule has 1 amide bonds. The van der Waals surface area contributed by atoms with E-state index >= 15 is 0 Å². The Morgan fingerprint density at radius 3 is 3.00 bits per heavy atom. The average Bonchev–Trinajstić information content (AvgIpc) is 2.97. The van der Waals surface area contributed by atoms with Crippen molar-refractivity contribution in [3.05, 3.63) is 18.0 Å². The molecule has 0 aliphatic carbocycles. The number of aromatic nitrogens is 2. The van der Waals surface area contributed by atoms with Gasteiger partial charge in [-0.1, -0.05) is 6.92 Å². The van der Waals surface area contributed by atoms with Crippen LogP contribution in [0, 0.1) is 0 Å². The Kier molecular flexibility index (Phi) is 3.71. The largest absolute Gasteiger partial charge is 0.348 e. The van der Waals surface area contributed by atoms with Crippen molar-refractivity contribution in [3.8, 4) is 0 Å². The zero-order valence-electron chi connectivity index (χ0n) is 11.4. The summed E-state index contributed by atoms with van der Waals surface area (Å²) in [5, 5.41) is 10.6. The molecule has 2 N–H and O–H groups in total. The van der Waals surface area contributed by atoms with Crippen LogP contribution in [0.4, 0.5) is 0 Å². The van der Waals surface area contributed by atoms with Crippen LogP contribution in [0.5, 0.6) is 0 Å². The minimum Gasteiger partial charge on any atom is -0.348 e. The second-order valence-electron chi connectivity index (χ2n) is 5.11. The van der Waals surface area contributed by atoms with Gasteiger partial charge in [0.1, 0.15) is 0 Å². The number of aryl methyl sites for hydroxylation is 1. The topological polar surface area (TPSA) is 59.0 Å². The summed E-state index contributed by atoms with van der Waals surface area (Å²) in [4.78, 5) is 12.4. The highest BCUT2D eigenvalue weighted by Crippen LogP contribution is 2.24. The number of carbonyl (C=O) groups excluding carboxylic acids is 1. The number of hydrogen-bond donors (Lipinski definition) is 2. The molecule has 0 radical (unpaired) electrons. The summed E-state index contributed by atoms with van der Waals surface area (Å²) in [6.45, 7) is 4.99. The number of hydrogen-bond acceptors (Lipinski definition) is 3. The lowest BCUT2D eigenvalue weighted by Crippen LogP contribution is -2.53. The third-order valence-electron chi connectivity index (χ3n) is 3.85. The van der Waals surface area contributed by atoms with Crippen LogP contribution in [-0.2, 0) is 11.8 Å². The maximum Gasteiger partial charge on any atom is 0.240 e. The first-order valence-electron chi connectivity index (χ1n) is 6.62. The minimum absolute atomic E-state index is 0.00275. The van der Waals surface area contributed by atoms with Crippen molar-refractivity contribution in [2.24, 2.45) is 7.05 Å². The second kappa shape index (κ2) is 5.10. The number of amides is 1. The highest BCUT2D eigenvalue weighted by Gasteiger charge is 2.39. The molecule has 0 bridgehead atoms. The van der Waals surface area contributed by atoms with Gasteiger partial charge in [-0.2, -0.15) is 5.10 Å². The van der Waals surface area contributed by atoms with Crippen LogP contribution in [0.25, 0.3) is 0 Å². The Morgan fingerprint density at radius 1 is 1.72 bits per heavy atom. The fourth-order valence-corrected chi connectivity index (χ4v) is 2.54. The Labute approximate surface area is 108 Å². The van der Waals surface area contributed by atoms with E-state index in [0.717, 1.165) is 31.4 Å². The minimum atomic E-state index is -0.365. The molecule has 1 aromatic heterocycles. The molecule has 1 aliphatic heterocycles. The predicted octanol–water partition coefficient (Wildman–Crippen LogP) is 1.13. The average molecular weight is 250 g/mol. The fraction of sp³-hybridized carbons (Fsp3) is 0.692. The van der Waals surface area contributed by atoms with Gasteiger partial charge >= 0.3 is 0 Å². The number of nitrogens with one attached hydrogen (secondary N) is 2. The quantitative estimate of drug-likeness (QED) is 0.842. The predicted molar refractivity (Wildman–Crippen MR) is 70.0 cm³/mol. The first-order chi connectivity index (χ1) is 8.57. The van der Waals surface area contributed by atoms with Crippen molar-refractivity contribution in [2.75, 3.05) is 6.54 Å². The van der Waals surface area contributed by atoms with Crippen molar-refractivity contribution in [3.63, 3.8) is 0 Å². The van der Waals surface area contributed by atoms with E-state index in [2.05, 4.69) is 22.7 Å². The van der Waals surface area contributed by atoms with Crippen LogP contribution >= 0.6 is 0 Å². The molecule has 18 heavy (non-hydrogen) atoms. The van der Waals surface area contributed by atoms with Gasteiger partial charge in [0.15, 0.2) is 0 Å². The maximum atomic E-state index is 12.4. The monoisotopic (exact) mass is 250 g/mol. The Hall–Kier alpha value is -1.36. The van der Waals surface area contributed by atoms with Gasteiger partial charge in [-0.3, -0.25) is 9.48 Å². The van der Waals surface area contributed by atoms with E-state index in [0.29, 0.717) is 0 Å². The van der Waals surface area contributed by atoms with Gasteiger partial charge in [0.2, 0.25) is 5.91 Å². The molecule has 5 heteroatoms. The summed E-state index contributed by atoms with van der Waals surface area (Å²) >= 11 is 0. The molecule has 1 aliphatic rings. The van der Waals surface area contributed by atoms with Gasteiger partial charge in [0.25, 0.3) is 0 Å². The van der Waals surface area contributed by atoms with E-state index in [4.69, 9.17) is 0 Å². The summed E-state index contributed by atoms with van der Waals surface area (Å²) < 4.78 is 1.75. The maximum absolute atomic E-state index is 12.4. The molecule has 5 nitrogen and oxygen atoms in total. The number of carbonyl (C=O) groups is 1. The SMILES string of the molecule is CCC1(C(=O)NC(C)c2cnn(C)c2)CCCN1. The highest BCUT2D eigenvalue weighted by atomic mass is 16.2. The lowest BCUT2D eigenvalue weighted by atomic mass is 9.92. The van der Waals surface area contributed by atoms with E-state index in [9.17, 15) is 4.79 Å². The van der Waals surface area contributed by atoms with Gasteiger partial charge in [-0.15, -0.1) is 0 Å². The van der Waals surface area contributed by atoms with Crippen LogP contribution in [0.2, 0.25) is 0 Å². The van der Waals surface area contributed by atoms with Crippen molar-refractivity contribution in [2.45, 2.75) is 44.7 Å². The standard InChI is InChI=1S/C13H22N4O/c1-4-13(6-5-7-14-13)12(18)16-10(2)11-8-15-17(3)9-11/h8-10,14H,4-7H2,1-3H3,(H,16,18). The molecule has 1 saturated heterocycles. The molecule has 100 valence electrons. The smallest absolute Gasteiger partial charge is 0.240 e. The molecule has 2 heterocycles. The summed E-state index contributed by atoms with van der Waals surface area (Å²) in [5.41, 5.74) is 0.673. The first-order valence-corrected chi connectivity index (χ1v) is 6.62. The normalized spacial score (nSPS) is 25.1. The van der Waals surface area contributed by atoms with Crippen molar-refractivity contribution in [1.29, 1.82) is 0 Å². The summed E-state index contributed by atoms with van der Waals surface area (Å²) in [7, 11) is 1.88. The third-order valence-corrected chi connectivity index (χ3v) is 3.85. The van der Waals surface area contributed by atoms with Crippen LogP contribution in [0.15, 0.2) is 12.4 Å². The van der Waals surface area contributed by atoms with Gasteiger partial charge in [0.05, 0.1) is 17.8 Å². The Bertz CT molecular complexity index is 420. The lowest BCUT2D eigenvalue weighted by Gasteiger charge is -2.28. The molecule has 1 fully saturated rings. The molecule has 0 spiro atoms. The summed E-state index contributed by atoms with van der Waals surface area (Å²) in [6.07, 6.45) is 6.56. The van der Waals surface area contributed by atoms with Gasteiger partial charge in [0, 0.05) is 18.8 Å². The third kappa shape index (κ3) is 2.41. The summed E-state index contributed by atoms with van der Waals surface area (Å²) in [5.74, 6) is 0.110. The Morgan fingerprint density at radius 2 is 2.50 bits per heavy atom. The fourth-order valence-electron chi connectivity index (χ4n) is 2.54. The zero-order valence-corrected chi connectivity index (χ0v) is 11.4. The molecule has 0 aromatic carbocycles. The molecular weight excluding hydrogens is 228 g/mol. The van der Waals surface area contributed by atoms with E-state index in [-0.39, 0.29) is 17.5 Å². The zero-order chi connectivity index (χ0) is 13.2. The summed E-state index contributed by atoms with van der Waals surface area (Å²) in [6, 6.07) is -0.00275. The molecule has 2 atom stereocenters. The molecule has 0 saturated carbocycles. The van der Waals surface area contributed by atoms with Crippen molar-refractivity contribution < 1.29 is 4.79 Å². The van der Waals surface area contributed by atoms with Crippen LogP contribution in [0.3, 0.4) is 0 Å². The first kappa shape index (κ1) is 13.1. The van der Waals surface area contributed by atoms with Crippen LogP contribution in [0.1, 0.15) is 44.7 Å². The van der Waals surface area contributed by atoms with Gasteiger partial charge < -0.3 is 10.6 Å². The Balaban J connectivity index is 2.02. The van der Waals surface area contributed by atoms with E-state index in [1.807, 2.05) is 20.2 Å². The molecular formula is C13H22N4O. The number of nitrogens with zero attached hydrogens (tertiary/aromatic N) is 2. The van der Waals surface area contributed by atoms with Crippen LogP contribution in [-0.4, -0.2) is 27.8 Å². The van der Waals surface area contributed by atoms with E-state index in [1.54, 1.807) is 10.9 Å². The molecule has 2 unspecified atom stereocenters. The van der Waals surface area contributed by atoms with Gasteiger partial charge in [-0.25, -0.2) is 0 Å².